The van der Waals surface area contributed by atoms with Crippen molar-refractivity contribution in [2.45, 2.75) is 55.8 Å². The number of pyridine rings is 2. The summed E-state index contributed by atoms with van der Waals surface area (Å²) < 4.78 is 40.7. The third-order valence-corrected chi connectivity index (χ3v) is 8.45. The Balaban J connectivity index is 1.32. The van der Waals surface area contributed by atoms with E-state index in [1.54, 1.807) is 10.5 Å². The first-order valence-corrected chi connectivity index (χ1v) is 13.5. The molecule has 9 heteroatoms. The van der Waals surface area contributed by atoms with Gasteiger partial charge in [0.25, 0.3) is 0 Å². The number of hydrogen-bond acceptors (Lipinski definition) is 5. The number of alkyl halides is 3. The van der Waals surface area contributed by atoms with Crippen LogP contribution in [0.2, 0.25) is 0 Å². The van der Waals surface area contributed by atoms with Crippen molar-refractivity contribution in [3.63, 3.8) is 0 Å². The lowest BCUT2D eigenvalue weighted by Gasteiger charge is -2.52. The first kappa shape index (κ1) is 25.2. The van der Waals surface area contributed by atoms with Gasteiger partial charge >= 0.3 is 6.18 Å². The quantitative estimate of drug-likeness (QED) is 0.266. The Kier molecular flexibility index (Phi) is 5.56. The van der Waals surface area contributed by atoms with E-state index in [9.17, 15) is 18.3 Å². The Morgan fingerprint density at radius 2 is 1.65 bits per heavy atom. The maximum Gasteiger partial charge on any atom is 0.389 e. The van der Waals surface area contributed by atoms with Crippen molar-refractivity contribution in [3.05, 3.63) is 84.2 Å². The molecule has 204 valence electrons. The van der Waals surface area contributed by atoms with Crippen molar-refractivity contribution in [3.8, 4) is 22.4 Å². The van der Waals surface area contributed by atoms with Gasteiger partial charge in [0.05, 0.1) is 28.7 Å². The predicted molar refractivity (Wildman–Crippen MR) is 146 cm³/mol. The van der Waals surface area contributed by atoms with Gasteiger partial charge in [-0.3, -0.25) is 4.40 Å². The number of halogens is 3. The van der Waals surface area contributed by atoms with Gasteiger partial charge in [-0.15, -0.1) is 10.2 Å². The maximum atomic E-state index is 13.0. The number of aliphatic hydroxyl groups is 1. The molecule has 2 saturated carbocycles. The van der Waals surface area contributed by atoms with E-state index in [4.69, 9.17) is 10.7 Å². The fraction of sp³-hybridized carbons (Fsp3) is 0.323. The molecule has 3 aromatic heterocycles. The standard InChI is InChI=1S/C31H28F3N5O/c32-31(33,34)15-14-27-38-37-26-13-12-24-25(39(26)27)16-23(19-4-2-1-3-5-19)28(36-24)20-6-8-21(9-7-20)29(35)17-30(40,18-29)22-10-11-22/h1-9,12-13,16,22,40H,10-11,14-15,17-18,35H2. The average molecular weight is 544 g/mol. The highest BCUT2D eigenvalue weighted by molar-refractivity contribution is 5.91. The van der Waals surface area contributed by atoms with Gasteiger partial charge in [-0.05, 0) is 60.9 Å². The highest BCUT2D eigenvalue weighted by atomic mass is 19.4. The minimum absolute atomic E-state index is 0.246. The van der Waals surface area contributed by atoms with Gasteiger partial charge in [0.1, 0.15) is 5.82 Å². The summed E-state index contributed by atoms with van der Waals surface area (Å²) in [6, 6.07) is 23.3. The van der Waals surface area contributed by atoms with E-state index >= 15 is 0 Å². The Bertz CT molecular complexity index is 1720. The molecule has 2 fully saturated rings. The molecule has 40 heavy (non-hydrogen) atoms. The molecule has 6 nitrogen and oxygen atoms in total. The second-order valence-corrected chi connectivity index (χ2v) is 11.4. The van der Waals surface area contributed by atoms with Crippen LogP contribution in [0.3, 0.4) is 0 Å². The summed E-state index contributed by atoms with van der Waals surface area (Å²) in [6.45, 7) is 0. The average Bonchev–Trinajstić information content (AvgIpc) is 3.71. The summed E-state index contributed by atoms with van der Waals surface area (Å²) in [5.74, 6) is 0.626. The minimum atomic E-state index is -4.29. The van der Waals surface area contributed by atoms with E-state index in [0.29, 0.717) is 35.4 Å². The minimum Gasteiger partial charge on any atom is -0.389 e. The molecular weight excluding hydrogens is 515 g/mol. The van der Waals surface area contributed by atoms with Gasteiger partial charge < -0.3 is 10.8 Å². The van der Waals surface area contributed by atoms with E-state index in [2.05, 4.69) is 10.2 Å². The summed E-state index contributed by atoms with van der Waals surface area (Å²) in [6.07, 6.45) is -2.25. The van der Waals surface area contributed by atoms with E-state index in [1.165, 1.54) is 0 Å². The summed E-state index contributed by atoms with van der Waals surface area (Å²) in [5, 5.41) is 19.0. The number of nitrogens with zero attached hydrogens (tertiary/aromatic N) is 4. The summed E-state index contributed by atoms with van der Waals surface area (Å²) in [7, 11) is 0. The molecule has 0 spiro atoms. The highest BCUT2D eigenvalue weighted by Crippen LogP contribution is 2.57. The smallest absolute Gasteiger partial charge is 0.389 e. The first-order valence-electron chi connectivity index (χ1n) is 13.5. The third kappa shape index (κ3) is 4.33. The number of fused-ring (bicyclic) bond motifs is 3. The van der Waals surface area contributed by atoms with Crippen molar-refractivity contribution >= 4 is 16.7 Å². The first-order chi connectivity index (χ1) is 19.1. The molecule has 0 aliphatic heterocycles. The fourth-order valence-corrected chi connectivity index (χ4v) is 6.26. The molecule has 0 bridgehead atoms. The van der Waals surface area contributed by atoms with Crippen LogP contribution in [0, 0.1) is 5.92 Å². The molecule has 5 aromatic rings. The normalized spacial score (nSPS) is 23.0. The number of rotatable bonds is 6. The lowest BCUT2D eigenvalue weighted by Crippen LogP contribution is -2.60. The van der Waals surface area contributed by atoms with Gasteiger partial charge in [-0.1, -0.05) is 54.6 Å². The van der Waals surface area contributed by atoms with Crippen LogP contribution in [0.1, 0.15) is 43.5 Å². The number of benzene rings is 2. The molecule has 0 saturated heterocycles. The van der Waals surface area contributed by atoms with Crippen molar-refractivity contribution in [1.82, 2.24) is 19.6 Å². The van der Waals surface area contributed by atoms with Crippen LogP contribution in [0.25, 0.3) is 39.1 Å². The molecular formula is C31H28F3N5O. The molecule has 7 rings (SSSR count). The zero-order chi connectivity index (χ0) is 27.7. The number of aromatic nitrogens is 4. The van der Waals surface area contributed by atoms with Gasteiger partial charge in [-0.25, -0.2) is 4.98 Å². The van der Waals surface area contributed by atoms with Crippen LogP contribution in [0.15, 0.2) is 72.8 Å². The van der Waals surface area contributed by atoms with Crippen LogP contribution in [0.5, 0.6) is 0 Å². The second-order valence-electron chi connectivity index (χ2n) is 11.4. The van der Waals surface area contributed by atoms with Gasteiger partial charge in [-0.2, -0.15) is 13.2 Å². The van der Waals surface area contributed by atoms with E-state index in [-0.39, 0.29) is 12.2 Å². The second kappa shape index (κ2) is 8.84. The van der Waals surface area contributed by atoms with E-state index in [1.807, 2.05) is 66.7 Å². The van der Waals surface area contributed by atoms with Crippen molar-refractivity contribution in [2.75, 3.05) is 0 Å². The molecule has 2 aliphatic rings. The maximum absolute atomic E-state index is 13.0. The highest BCUT2D eigenvalue weighted by Gasteiger charge is 2.58. The fourth-order valence-electron chi connectivity index (χ4n) is 6.26. The van der Waals surface area contributed by atoms with Gasteiger partial charge in [0.2, 0.25) is 0 Å². The largest absolute Gasteiger partial charge is 0.389 e. The zero-order valence-electron chi connectivity index (χ0n) is 21.7. The molecule has 0 atom stereocenters. The van der Waals surface area contributed by atoms with Crippen molar-refractivity contribution in [1.29, 1.82) is 0 Å². The van der Waals surface area contributed by atoms with Crippen LogP contribution >= 0.6 is 0 Å². The number of hydrogen-bond donors (Lipinski definition) is 2. The lowest BCUT2D eigenvalue weighted by molar-refractivity contribution is -0.134. The molecule has 3 heterocycles. The molecule has 0 unspecified atom stereocenters. The SMILES string of the molecule is NC1(c2ccc(-c3nc4ccc5nnc(CCC(F)(F)F)n5c4cc3-c3ccccc3)cc2)CC(O)(C2CC2)C1. The molecule has 2 aromatic carbocycles. The Morgan fingerprint density at radius 1 is 0.925 bits per heavy atom. The van der Waals surface area contributed by atoms with Crippen LogP contribution < -0.4 is 5.73 Å². The topological polar surface area (TPSA) is 89.3 Å². The predicted octanol–water partition coefficient (Wildman–Crippen LogP) is 6.20. The third-order valence-electron chi connectivity index (χ3n) is 8.45. The van der Waals surface area contributed by atoms with E-state index in [0.717, 1.165) is 40.8 Å². The van der Waals surface area contributed by atoms with Crippen LogP contribution in [0.4, 0.5) is 13.2 Å². The molecule has 0 amide bonds. The Hall–Kier alpha value is -3.82. The van der Waals surface area contributed by atoms with Crippen molar-refractivity contribution < 1.29 is 18.3 Å². The zero-order valence-corrected chi connectivity index (χ0v) is 21.7. The van der Waals surface area contributed by atoms with E-state index < -0.39 is 23.7 Å². The van der Waals surface area contributed by atoms with Crippen LogP contribution in [-0.4, -0.2) is 36.5 Å². The Labute approximate surface area is 228 Å². The lowest BCUT2D eigenvalue weighted by atomic mass is 9.60. The number of nitrogens with two attached hydrogens (primary N) is 1. The summed E-state index contributed by atoms with van der Waals surface area (Å²) >= 11 is 0. The summed E-state index contributed by atoms with van der Waals surface area (Å²) in [5.41, 5.74) is 11.7. The van der Waals surface area contributed by atoms with Crippen LogP contribution in [-0.2, 0) is 12.0 Å². The van der Waals surface area contributed by atoms with Gasteiger partial charge in [0.15, 0.2) is 5.65 Å². The van der Waals surface area contributed by atoms with Crippen molar-refractivity contribution in [2.24, 2.45) is 11.7 Å². The molecule has 2 aliphatic carbocycles. The Morgan fingerprint density at radius 3 is 2.33 bits per heavy atom. The monoisotopic (exact) mass is 543 g/mol. The molecule has 3 N–H and O–H groups in total. The molecule has 0 radical (unpaired) electrons. The van der Waals surface area contributed by atoms with Gasteiger partial charge in [0, 0.05) is 23.1 Å². The summed E-state index contributed by atoms with van der Waals surface area (Å²) in [4.78, 5) is 5.01. The number of aryl methyl sites for hydroxylation is 1.